The molecule has 0 aromatic heterocycles. The zero-order chi connectivity index (χ0) is 50.7. The SMILES string of the molecule is CCCCCCCCC/C=C\CCCCCCCCCC(=O)OCCCCC/C=C\C=C/CCCCCCCCC(=O)NC(CO)C(O)CCCCCCCCCCCCCCCCCCCCCC. The van der Waals surface area contributed by atoms with Crippen LogP contribution in [0, 0.1) is 0 Å². The van der Waals surface area contributed by atoms with Crippen LogP contribution < -0.4 is 5.32 Å². The van der Waals surface area contributed by atoms with Crippen molar-refractivity contribution in [2.24, 2.45) is 0 Å². The lowest BCUT2D eigenvalue weighted by molar-refractivity contribution is -0.143. The van der Waals surface area contributed by atoms with Gasteiger partial charge in [-0.15, -0.1) is 0 Å². The van der Waals surface area contributed by atoms with Gasteiger partial charge in [0.05, 0.1) is 25.4 Å². The molecular formula is C64H121NO5. The molecule has 412 valence electrons. The third-order valence-electron chi connectivity index (χ3n) is 14.4. The molecule has 0 saturated heterocycles. The average Bonchev–Trinajstić information content (AvgIpc) is 3.36. The first-order chi connectivity index (χ1) is 34.5. The molecule has 70 heavy (non-hydrogen) atoms. The Hall–Kier alpha value is -1.92. The van der Waals surface area contributed by atoms with Crippen LogP contribution >= 0.6 is 0 Å². The predicted octanol–water partition coefficient (Wildman–Crippen LogP) is 19.6. The lowest BCUT2D eigenvalue weighted by Crippen LogP contribution is -2.45. The highest BCUT2D eigenvalue weighted by Crippen LogP contribution is 2.17. The second-order valence-electron chi connectivity index (χ2n) is 21.4. The first kappa shape index (κ1) is 68.1. The van der Waals surface area contributed by atoms with E-state index in [1.807, 2.05) is 0 Å². The normalized spacial score (nSPS) is 12.8. The fourth-order valence-corrected chi connectivity index (χ4v) is 9.63. The summed E-state index contributed by atoms with van der Waals surface area (Å²) in [6, 6.07) is -0.560. The third kappa shape index (κ3) is 55.4. The summed E-state index contributed by atoms with van der Waals surface area (Å²) in [5.41, 5.74) is 0. The van der Waals surface area contributed by atoms with Crippen molar-refractivity contribution in [1.29, 1.82) is 0 Å². The summed E-state index contributed by atoms with van der Waals surface area (Å²) < 4.78 is 5.46. The highest BCUT2D eigenvalue weighted by atomic mass is 16.5. The Bertz CT molecular complexity index is 1130. The molecule has 6 nitrogen and oxygen atoms in total. The van der Waals surface area contributed by atoms with Crippen LogP contribution in [0.1, 0.15) is 335 Å². The van der Waals surface area contributed by atoms with E-state index in [2.05, 4.69) is 55.6 Å². The quantitative estimate of drug-likeness (QED) is 0.0244. The molecule has 0 heterocycles. The van der Waals surface area contributed by atoms with Gasteiger partial charge in [-0.1, -0.05) is 275 Å². The number of unbranched alkanes of at least 4 members (excludes halogenated alkanes) is 42. The number of aliphatic hydroxyl groups is 2. The van der Waals surface area contributed by atoms with Crippen molar-refractivity contribution in [3.63, 3.8) is 0 Å². The minimum atomic E-state index is -0.680. The Balaban J connectivity index is 3.50. The maximum absolute atomic E-state index is 12.5. The number of esters is 1. The van der Waals surface area contributed by atoms with Crippen LogP contribution in [0.4, 0.5) is 0 Å². The number of hydrogen-bond acceptors (Lipinski definition) is 5. The van der Waals surface area contributed by atoms with Crippen LogP contribution in [0.3, 0.4) is 0 Å². The van der Waals surface area contributed by atoms with Gasteiger partial charge in [0, 0.05) is 12.8 Å². The van der Waals surface area contributed by atoms with Crippen LogP contribution in [0.25, 0.3) is 0 Å². The van der Waals surface area contributed by atoms with E-state index in [9.17, 15) is 19.8 Å². The standard InChI is InChI=1S/C64H121NO5/c1-3-5-7-9-11-13-15-17-19-21-23-24-25-28-32-36-40-44-48-52-56-62(67)61(60-66)65-63(68)57-53-49-45-41-37-33-29-27-31-35-39-43-47-51-55-59-70-64(69)58-54-50-46-42-38-34-30-26-22-20-18-16-14-12-10-8-6-4-2/h20,22,27,31,35,39,61-62,66-67H,3-19,21,23-26,28-30,32-34,36-38,40-60H2,1-2H3,(H,65,68)/b22-20-,31-27-,39-35-. The van der Waals surface area contributed by atoms with E-state index in [1.54, 1.807) is 0 Å². The van der Waals surface area contributed by atoms with Crippen LogP contribution in [0.15, 0.2) is 36.5 Å². The van der Waals surface area contributed by atoms with Gasteiger partial charge in [0.25, 0.3) is 0 Å². The largest absolute Gasteiger partial charge is 0.466 e. The topological polar surface area (TPSA) is 95.9 Å². The first-order valence-electron chi connectivity index (χ1n) is 31.3. The van der Waals surface area contributed by atoms with Gasteiger partial charge < -0.3 is 20.3 Å². The van der Waals surface area contributed by atoms with Crippen LogP contribution in [0.5, 0.6) is 0 Å². The van der Waals surface area contributed by atoms with Gasteiger partial charge in [-0.05, 0) is 83.5 Å². The first-order valence-corrected chi connectivity index (χ1v) is 31.3. The Kier molecular flexibility index (Phi) is 58.0. The Labute approximate surface area is 436 Å². The summed E-state index contributed by atoms with van der Waals surface area (Å²) in [4.78, 5) is 24.6. The van der Waals surface area contributed by atoms with E-state index in [0.29, 0.717) is 25.9 Å². The molecule has 0 aromatic rings. The molecule has 6 heteroatoms. The monoisotopic (exact) mass is 984 g/mol. The molecule has 0 rings (SSSR count). The predicted molar refractivity (Wildman–Crippen MR) is 306 cm³/mol. The van der Waals surface area contributed by atoms with E-state index < -0.39 is 12.1 Å². The number of rotatable bonds is 58. The Morgan fingerprint density at radius 2 is 0.714 bits per heavy atom. The van der Waals surface area contributed by atoms with Crippen molar-refractivity contribution in [3.8, 4) is 0 Å². The second-order valence-corrected chi connectivity index (χ2v) is 21.4. The summed E-state index contributed by atoms with van der Waals surface area (Å²) in [5.74, 6) is -0.0792. The number of aliphatic hydroxyl groups excluding tert-OH is 2. The lowest BCUT2D eigenvalue weighted by atomic mass is 10.0. The number of amides is 1. The van der Waals surface area contributed by atoms with Gasteiger partial charge in [0.1, 0.15) is 0 Å². The Morgan fingerprint density at radius 3 is 1.10 bits per heavy atom. The summed E-state index contributed by atoms with van der Waals surface area (Å²) in [7, 11) is 0. The minimum absolute atomic E-state index is 0.0241. The molecule has 0 radical (unpaired) electrons. The van der Waals surface area contributed by atoms with Crippen LogP contribution in [-0.4, -0.2) is 47.4 Å². The number of carbonyl (C=O) groups excluding carboxylic acids is 2. The molecule has 0 saturated carbocycles. The summed E-state index contributed by atoms with van der Waals surface area (Å²) in [5, 5.41) is 23.3. The van der Waals surface area contributed by atoms with Crippen molar-refractivity contribution in [1.82, 2.24) is 5.32 Å². The molecule has 3 N–H and O–H groups in total. The molecular weight excluding hydrogens is 863 g/mol. The molecule has 0 aliphatic heterocycles. The van der Waals surface area contributed by atoms with Crippen molar-refractivity contribution >= 4 is 11.9 Å². The van der Waals surface area contributed by atoms with Gasteiger partial charge in [-0.3, -0.25) is 9.59 Å². The maximum Gasteiger partial charge on any atom is 0.305 e. The number of carbonyl (C=O) groups is 2. The molecule has 2 unspecified atom stereocenters. The Morgan fingerprint density at radius 1 is 0.400 bits per heavy atom. The van der Waals surface area contributed by atoms with E-state index >= 15 is 0 Å². The highest BCUT2D eigenvalue weighted by molar-refractivity contribution is 5.76. The number of ether oxygens (including phenoxy) is 1. The van der Waals surface area contributed by atoms with E-state index in [0.717, 1.165) is 77.0 Å². The molecule has 0 spiro atoms. The van der Waals surface area contributed by atoms with Gasteiger partial charge in [0.2, 0.25) is 5.91 Å². The van der Waals surface area contributed by atoms with Crippen LogP contribution in [-0.2, 0) is 14.3 Å². The highest BCUT2D eigenvalue weighted by Gasteiger charge is 2.20. The maximum atomic E-state index is 12.5. The van der Waals surface area contributed by atoms with Crippen molar-refractivity contribution < 1.29 is 24.5 Å². The minimum Gasteiger partial charge on any atom is -0.466 e. The molecule has 0 aliphatic carbocycles. The molecule has 0 fully saturated rings. The fraction of sp³-hybridized carbons (Fsp3) is 0.875. The van der Waals surface area contributed by atoms with E-state index in [-0.39, 0.29) is 18.5 Å². The summed E-state index contributed by atoms with van der Waals surface area (Å²) in [6.45, 7) is 4.91. The van der Waals surface area contributed by atoms with E-state index in [1.165, 1.54) is 225 Å². The fourth-order valence-electron chi connectivity index (χ4n) is 9.63. The lowest BCUT2D eigenvalue weighted by Gasteiger charge is -2.22. The van der Waals surface area contributed by atoms with Crippen molar-refractivity contribution in [3.05, 3.63) is 36.5 Å². The zero-order valence-corrected chi connectivity index (χ0v) is 47.0. The van der Waals surface area contributed by atoms with Crippen LogP contribution in [0.2, 0.25) is 0 Å². The van der Waals surface area contributed by atoms with Crippen molar-refractivity contribution in [2.45, 2.75) is 347 Å². The number of hydrogen-bond donors (Lipinski definition) is 3. The molecule has 2 atom stereocenters. The summed E-state index contributed by atoms with van der Waals surface area (Å²) in [6.07, 6.45) is 74.3. The number of allylic oxidation sites excluding steroid dienone is 6. The molecule has 1 amide bonds. The molecule has 0 bridgehead atoms. The smallest absolute Gasteiger partial charge is 0.305 e. The van der Waals surface area contributed by atoms with E-state index in [4.69, 9.17) is 4.74 Å². The number of nitrogens with one attached hydrogen (secondary N) is 1. The second kappa shape index (κ2) is 59.6. The van der Waals surface area contributed by atoms with Gasteiger partial charge in [-0.25, -0.2) is 0 Å². The zero-order valence-electron chi connectivity index (χ0n) is 47.0. The molecule has 0 aromatic carbocycles. The third-order valence-corrected chi connectivity index (χ3v) is 14.4. The molecule has 0 aliphatic rings. The van der Waals surface area contributed by atoms with Crippen molar-refractivity contribution in [2.75, 3.05) is 13.2 Å². The average molecular weight is 985 g/mol. The van der Waals surface area contributed by atoms with Gasteiger partial charge in [0.15, 0.2) is 0 Å². The van der Waals surface area contributed by atoms with Gasteiger partial charge >= 0.3 is 5.97 Å². The van der Waals surface area contributed by atoms with Gasteiger partial charge in [-0.2, -0.15) is 0 Å². The summed E-state index contributed by atoms with van der Waals surface area (Å²) >= 11 is 0.